The standard InChI is InChI=1S/C19H27N3OS/c1-4-13(3)20-18(23)15-8-10-22(11-9-15)19-21-16-7-6-14(5-2)12-17(16)24-19/h6-7,12-13,15H,4-5,8-11H2,1-3H3,(H,20,23)/t13-/m0/s1. The second-order valence-corrected chi connectivity index (χ2v) is 7.74. The molecule has 1 aliphatic heterocycles. The topological polar surface area (TPSA) is 45.2 Å². The van der Waals surface area contributed by atoms with Crippen molar-refractivity contribution in [3.8, 4) is 0 Å². The van der Waals surface area contributed by atoms with Crippen LogP contribution < -0.4 is 10.2 Å². The van der Waals surface area contributed by atoms with Gasteiger partial charge in [0.1, 0.15) is 0 Å². The Balaban J connectivity index is 1.63. The van der Waals surface area contributed by atoms with Crippen LogP contribution >= 0.6 is 11.3 Å². The average Bonchev–Trinajstić information content (AvgIpc) is 3.04. The van der Waals surface area contributed by atoms with Crippen LogP contribution in [0.3, 0.4) is 0 Å². The number of piperidine rings is 1. The minimum Gasteiger partial charge on any atom is -0.353 e. The van der Waals surface area contributed by atoms with Gasteiger partial charge in [0.05, 0.1) is 10.2 Å². The molecule has 1 fully saturated rings. The van der Waals surface area contributed by atoms with Gasteiger partial charge in [-0.1, -0.05) is 31.3 Å². The first-order valence-electron chi connectivity index (χ1n) is 9.05. The molecule has 2 aromatic rings. The van der Waals surface area contributed by atoms with Crippen LogP contribution in [0, 0.1) is 5.92 Å². The summed E-state index contributed by atoms with van der Waals surface area (Å²) >= 11 is 1.77. The van der Waals surface area contributed by atoms with Gasteiger partial charge in [0.2, 0.25) is 5.91 Å². The van der Waals surface area contributed by atoms with E-state index in [9.17, 15) is 4.79 Å². The van der Waals surface area contributed by atoms with Crippen LogP contribution in [0.15, 0.2) is 18.2 Å². The van der Waals surface area contributed by atoms with Crippen molar-refractivity contribution in [2.24, 2.45) is 5.92 Å². The number of nitrogens with one attached hydrogen (secondary N) is 1. The Bertz CT molecular complexity index is 704. The first-order chi connectivity index (χ1) is 11.6. The minimum absolute atomic E-state index is 0.149. The monoisotopic (exact) mass is 345 g/mol. The Labute approximate surface area is 148 Å². The van der Waals surface area contributed by atoms with Crippen molar-refractivity contribution in [3.05, 3.63) is 23.8 Å². The Morgan fingerprint density at radius 3 is 2.79 bits per heavy atom. The number of hydrogen-bond acceptors (Lipinski definition) is 4. The predicted octanol–water partition coefficient (Wildman–Crippen LogP) is 3.99. The number of aryl methyl sites for hydroxylation is 1. The van der Waals surface area contributed by atoms with Gasteiger partial charge >= 0.3 is 0 Å². The maximum absolute atomic E-state index is 12.3. The molecule has 0 radical (unpaired) electrons. The number of carbonyl (C=O) groups is 1. The summed E-state index contributed by atoms with van der Waals surface area (Å²) in [6, 6.07) is 6.81. The van der Waals surface area contributed by atoms with Crippen molar-refractivity contribution >= 4 is 32.6 Å². The van der Waals surface area contributed by atoms with Gasteiger partial charge in [0.15, 0.2) is 5.13 Å². The van der Waals surface area contributed by atoms with E-state index < -0.39 is 0 Å². The number of anilines is 1. The van der Waals surface area contributed by atoms with Crippen LogP contribution in [-0.4, -0.2) is 30.0 Å². The third kappa shape index (κ3) is 3.72. The van der Waals surface area contributed by atoms with Gasteiger partial charge in [-0.25, -0.2) is 4.98 Å². The molecule has 0 aliphatic carbocycles. The third-order valence-corrected chi connectivity index (χ3v) is 6.07. The van der Waals surface area contributed by atoms with Crippen LogP contribution in [0.5, 0.6) is 0 Å². The zero-order chi connectivity index (χ0) is 17.1. The first kappa shape index (κ1) is 17.2. The fourth-order valence-electron chi connectivity index (χ4n) is 3.11. The molecule has 1 aliphatic rings. The van der Waals surface area contributed by atoms with Crippen LogP contribution in [0.4, 0.5) is 5.13 Å². The maximum atomic E-state index is 12.3. The molecule has 1 amide bonds. The summed E-state index contributed by atoms with van der Waals surface area (Å²) in [5, 5.41) is 4.21. The Morgan fingerprint density at radius 1 is 1.38 bits per heavy atom. The second kappa shape index (κ2) is 7.51. The number of nitrogens with zero attached hydrogens (tertiary/aromatic N) is 2. The van der Waals surface area contributed by atoms with Gasteiger partial charge in [-0.15, -0.1) is 0 Å². The van der Waals surface area contributed by atoms with Crippen LogP contribution in [0.1, 0.15) is 45.6 Å². The van der Waals surface area contributed by atoms with Gasteiger partial charge in [-0.3, -0.25) is 4.79 Å². The maximum Gasteiger partial charge on any atom is 0.223 e. The molecule has 1 atom stereocenters. The number of rotatable bonds is 5. The highest BCUT2D eigenvalue weighted by Gasteiger charge is 2.26. The molecule has 1 saturated heterocycles. The fourth-order valence-corrected chi connectivity index (χ4v) is 4.19. The first-order valence-corrected chi connectivity index (χ1v) is 9.87. The van der Waals surface area contributed by atoms with E-state index in [0.717, 1.165) is 49.4 Å². The van der Waals surface area contributed by atoms with Crippen LogP contribution in [-0.2, 0) is 11.2 Å². The molecule has 0 spiro atoms. The lowest BCUT2D eigenvalue weighted by Gasteiger charge is -2.31. The predicted molar refractivity (Wildman–Crippen MR) is 102 cm³/mol. The molecule has 0 unspecified atom stereocenters. The summed E-state index contributed by atoms with van der Waals surface area (Å²) in [5.74, 6) is 0.372. The summed E-state index contributed by atoms with van der Waals surface area (Å²) < 4.78 is 1.26. The molecule has 1 N–H and O–H groups in total. The number of aromatic nitrogens is 1. The van der Waals surface area contributed by atoms with Crippen LogP contribution in [0.25, 0.3) is 10.2 Å². The quantitative estimate of drug-likeness (QED) is 0.891. The summed E-state index contributed by atoms with van der Waals surface area (Å²) in [5.41, 5.74) is 2.45. The number of hydrogen-bond donors (Lipinski definition) is 1. The van der Waals surface area contributed by atoms with E-state index in [-0.39, 0.29) is 17.9 Å². The highest BCUT2D eigenvalue weighted by atomic mass is 32.1. The van der Waals surface area contributed by atoms with E-state index >= 15 is 0 Å². The molecule has 24 heavy (non-hydrogen) atoms. The molecule has 3 rings (SSSR count). The van der Waals surface area contributed by atoms with Gasteiger partial charge in [0.25, 0.3) is 0 Å². The number of amides is 1. The van der Waals surface area contributed by atoms with Crippen molar-refractivity contribution in [1.29, 1.82) is 0 Å². The smallest absolute Gasteiger partial charge is 0.223 e. The molecular weight excluding hydrogens is 318 g/mol. The number of thiazole rings is 1. The van der Waals surface area contributed by atoms with E-state index in [2.05, 4.69) is 49.2 Å². The molecule has 1 aromatic heterocycles. The molecule has 5 heteroatoms. The lowest BCUT2D eigenvalue weighted by molar-refractivity contribution is -0.126. The fraction of sp³-hybridized carbons (Fsp3) is 0.579. The molecule has 130 valence electrons. The normalized spacial score (nSPS) is 17.2. The molecule has 1 aromatic carbocycles. The van der Waals surface area contributed by atoms with E-state index in [1.54, 1.807) is 11.3 Å². The largest absolute Gasteiger partial charge is 0.353 e. The summed E-state index contributed by atoms with van der Waals surface area (Å²) in [4.78, 5) is 19.4. The molecular formula is C19H27N3OS. The highest BCUT2D eigenvalue weighted by molar-refractivity contribution is 7.22. The van der Waals surface area contributed by atoms with Crippen molar-refractivity contribution < 1.29 is 4.79 Å². The van der Waals surface area contributed by atoms with Crippen molar-refractivity contribution in [2.45, 2.75) is 52.5 Å². The minimum atomic E-state index is 0.149. The molecule has 0 saturated carbocycles. The van der Waals surface area contributed by atoms with E-state index in [1.165, 1.54) is 10.3 Å². The van der Waals surface area contributed by atoms with Crippen molar-refractivity contribution in [3.63, 3.8) is 0 Å². The van der Waals surface area contributed by atoms with Gasteiger partial charge < -0.3 is 10.2 Å². The van der Waals surface area contributed by atoms with Gasteiger partial charge in [-0.2, -0.15) is 0 Å². The van der Waals surface area contributed by atoms with Crippen molar-refractivity contribution in [1.82, 2.24) is 10.3 Å². The zero-order valence-corrected chi connectivity index (χ0v) is 15.7. The molecule has 2 heterocycles. The number of carbonyl (C=O) groups excluding carboxylic acids is 1. The SMILES string of the molecule is CCc1ccc2nc(N3CCC(C(=O)N[C@@H](C)CC)CC3)sc2c1. The lowest BCUT2D eigenvalue weighted by atomic mass is 9.96. The van der Waals surface area contributed by atoms with Gasteiger partial charge in [-0.05, 0) is 50.3 Å². The third-order valence-electron chi connectivity index (χ3n) is 4.99. The lowest BCUT2D eigenvalue weighted by Crippen LogP contribution is -2.43. The van der Waals surface area contributed by atoms with E-state index in [0.29, 0.717) is 0 Å². The average molecular weight is 346 g/mol. The zero-order valence-electron chi connectivity index (χ0n) is 14.8. The Kier molecular flexibility index (Phi) is 5.39. The summed E-state index contributed by atoms with van der Waals surface area (Å²) in [7, 11) is 0. The van der Waals surface area contributed by atoms with Crippen LogP contribution in [0.2, 0.25) is 0 Å². The Morgan fingerprint density at radius 2 is 2.12 bits per heavy atom. The molecule has 4 nitrogen and oxygen atoms in total. The van der Waals surface area contributed by atoms with Crippen molar-refractivity contribution in [2.75, 3.05) is 18.0 Å². The number of fused-ring (bicyclic) bond motifs is 1. The molecule has 0 bridgehead atoms. The summed E-state index contributed by atoms with van der Waals surface area (Å²) in [6.07, 6.45) is 3.87. The highest BCUT2D eigenvalue weighted by Crippen LogP contribution is 2.32. The Hall–Kier alpha value is -1.62. The number of benzene rings is 1. The summed E-state index contributed by atoms with van der Waals surface area (Å²) in [6.45, 7) is 8.18. The second-order valence-electron chi connectivity index (χ2n) is 6.73. The van der Waals surface area contributed by atoms with E-state index in [4.69, 9.17) is 4.98 Å². The van der Waals surface area contributed by atoms with E-state index in [1.807, 2.05) is 0 Å². The van der Waals surface area contributed by atoms with Gasteiger partial charge in [0, 0.05) is 25.0 Å².